The van der Waals surface area contributed by atoms with Gasteiger partial charge in [-0.3, -0.25) is 4.79 Å². The zero-order valence-corrected chi connectivity index (χ0v) is 11.9. The van der Waals surface area contributed by atoms with E-state index in [1.807, 2.05) is 11.8 Å². The third-order valence-corrected chi connectivity index (χ3v) is 3.67. The first-order valence-electron chi connectivity index (χ1n) is 6.38. The van der Waals surface area contributed by atoms with Gasteiger partial charge in [0.1, 0.15) is 6.33 Å². The summed E-state index contributed by atoms with van der Waals surface area (Å²) in [7, 11) is 3.19. The Bertz CT molecular complexity index is 509. The van der Waals surface area contributed by atoms with Crippen LogP contribution in [0, 0.1) is 5.41 Å². The minimum absolute atomic E-state index is 0.0326. The number of hydrogen-bond acceptors (Lipinski definition) is 7. The summed E-state index contributed by atoms with van der Waals surface area (Å²) in [6.45, 7) is 3.24. The maximum Gasteiger partial charge on any atom is 0.227 e. The Morgan fingerprint density at radius 3 is 2.90 bits per heavy atom. The smallest absolute Gasteiger partial charge is 0.227 e. The highest BCUT2D eigenvalue weighted by Gasteiger charge is 2.41. The Morgan fingerprint density at radius 2 is 2.30 bits per heavy atom. The van der Waals surface area contributed by atoms with Crippen molar-refractivity contribution in [3.05, 3.63) is 6.33 Å². The van der Waals surface area contributed by atoms with Crippen molar-refractivity contribution >= 4 is 17.5 Å². The van der Waals surface area contributed by atoms with Crippen LogP contribution in [-0.2, 0) is 4.79 Å². The van der Waals surface area contributed by atoms with Gasteiger partial charge in [0.25, 0.3) is 0 Å². The van der Waals surface area contributed by atoms with Crippen molar-refractivity contribution in [2.45, 2.75) is 13.3 Å². The number of anilines is 2. The fraction of sp³-hybridized carbons (Fsp3) is 0.583. The number of nitrogens with one attached hydrogen (secondary N) is 2. The van der Waals surface area contributed by atoms with Gasteiger partial charge in [0.2, 0.25) is 11.7 Å². The molecule has 1 aliphatic rings. The highest BCUT2D eigenvalue weighted by atomic mass is 16.5. The molecule has 20 heavy (non-hydrogen) atoms. The summed E-state index contributed by atoms with van der Waals surface area (Å²) in [6.07, 6.45) is 2.17. The van der Waals surface area contributed by atoms with Gasteiger partial charge in [-0.05, 0) is 13.3 Å². The van der Waals surface area contributed by atoms with Crippen molar-refractivity contribution in [3.8, 4) is 5.75 Å². The number of rotatable bonds is 4. The molecule has 0 aliphatic carbocycles. The quantitative estimate of drug-likeness (QED) is 0.515. The van der Waals surface area contributed by atoms with E-state index in [2.05, 4.69) is 20.7 Å². The molecule has 1 aromatic heterocycles. The van der Waals surface area contributed by atoms with Crippen LogP contribution in [0.25, 0.3) is 0 Å². The summed E-state index contributed by atoms with van der Waals surface area (Å²) in [5, 5.41) is 2.71. The largest absolute Gasteiger partial charge is 0.490 e. The topological polar surface area (TPSA) is 105 Å². The fourth-order valence-corrected chi connectivity index (χ4v) is 2.51. The first-order valence-corrected chi connectivity index (χ1v) is 6.38. The van der Waals surface area contributed by atoms with Crippen molar-refractivity contribution in [1.82, 2.24) is 15.3 Å². The van der Waals surface area contributed by atoms with Crippen molar-refractivity contribution in [2.24, 2.45) is 11.3 Å². The van der Waals surface area contributed by atoms with Crippen LogP contribution in [0.4, 0.5) is 11.6 Å². The van der Waals surface area contributed by atoms with E-state index in [1.54, 1.807) is 7.05 Å². The zero-order valence-electron chi connectivity index (χ0n) is 11.9. The van der Waals surface area contributed by atoms with Crippen LogP contribution in [0.2, 0.25) is 0 Å². The van der Waals surface area contributed by atoms with Crippen LogP contribution in [0.1, 0.15) is 13.3 Å². The number of nitrogens with two attached hydrogens (primary N) is 1. The molecule has 0 saturated carbocycles. The molecule has 0 aromatic carbocycles. The van der Waals surface area contributed by atoms with Gasteiger partial charge in [-0.1, -0.05) is 0 Å². The molecule has 0 spiro atoms. The number of amides is 1. The van der Waals surface area contributed by atoms with E-state index >= 15 is 0 Å². The van der Waals surface area contributed by atoms with Crippen molar-refractivity contribution in [1.29, 1.82) is 0 Å². The third-order valence-electron chi connectivity index (χ3n) is 3.67. The lowest BCUT2D eigenvalue weighted by Gasteiger charge is -2.24. The lowest BCUT2D eigenvalue weighted by Crippen LogP contribution is -2.39. The number of hydrazine groups is 1. The maximum atomic E-state index is 12.0. The number of nitrogens with zero attached hydrogens (tertiary/aromatic N) is 3. The molecule has 4 N–H and O–H groups in total. The maximum absolute atomic E-state index is 12.0. The molecular formula is C12H20N6O2. The molecule has 110 valence electrons. The van der Waals surface area contributed by atoms with Gasteiger partial charge in [0, 0.05) is 20.1 Å². The Balaban J connectivity index is 2.29. The standard InChI is InChI=1S/C12H20N6O2/c1-12(11(19)14-2)4-5-18(6-12)10-8(20-3)9(17-13)15-7-16-10/h7H,4-6,13H2,1-3H3,(H,14,19)(H,15,16,17). The Hall–Kier alpha value is -2.09. The second-order valence-electron chi connectivity index (χ2n) is 5.03. The Labute approximate surface area is 117 Å². The van der Waals surface area contributed by atoms with Crippen molar-refractivity contribution < 1.29 is 9.53 Å². The molecule has 8 nitrogen and oxygen atoms in total. The number of carbonyl (C=O) groups excluding carboxylic acids is 1. The SMILES string of the molecule is CNC(=O)C1(C)CCN(c2ncnc(NN)c2OC)C1. The van der Waals surface area contributed by atoms with Gasteiger partial charge >= 0.3 is 0 Å². The molecule has 1 unspecified atom stereocenters. The highest BCUT2D eigenvalue weighted by Crippen LogP contribution is 2.38. The molecule has 1 fully saturated rings. The molecule has 8 heteroatoms. The van der Waals surface area contributed by atoms with E-state index in [0.717, 1.165) is 13.0 Å². The molecule has 1 aromatic rings. The number of carbonyl (C=O) groups is 1. The highest BCUT2D eigenvalue weighted by molar-refractivity contribution is 5.83. The van der Waals surface area contributed by atoms with Gasteiger partial charge in [0.05, 0.1) is 12.5 Å². The van der Waals surface area contributed by atoms with Crippen LogP contribution in [0.15, 0.2) is 6.33 Å². The zero-order chi connectivity index (χ0) is 14.8. The van der Waals surface area contributed by atoms with Gasteiger partial charge in [-0.2, -0.15) is 0 Å². The molecule has 2 rings (SSSR count). The molecule has 1 saturated heterocycles. The first kappa shape index (κ1) is 14.3. The van der Waals surface area contributed by atoms with E-state index in [4.69, 9.17) is 10.6 Å². The number of aromatic nitrogens is 2. The summed E-state index contributed by atoms with van der Waals surface area (Å²) < 4.78 is 5.33. The van der Waals surface area contributed by atoms with Crippen molar-refractivity contribution in [3.63, 3.8) is 0 Å². The average Bonchev–Trinajstić information content (AvgIpc) is 2.88. The van der Waals surface area contributed by atoms with Crippen LogP contribution in [0.5, 0.6) is 5.75 Å². The predicted molar refractivity (Wildman–Crippen MR) is 75.4 cm³/mol. The molecular weight excluding hydrogens is 260 g/mol. The molecule has 1 atom stereocenters. The van der Waals surface area contributed by atoms with Gasteiger partial charge in [-0.15, -0.1) is 0 Å². The van der Waals surface area contributed by atoms with E-state index in [9.17, 15) is 4.79 Å². The third kappa shape index (κ3) is 2.34. The second-order valence-corrected chi connectivity index (χ2v) is 5.03. The second kappa shape index (κ2) is 5.49. The molecule has 2 heterocycles. The normalized spacial score (nSPS) is 21.7. The lowest BCUT2D eigenvalue weighted by atomic mass is 9.89. The molecule has 0 bridgehead atoms. The number of nitrogen functional groups attached to an aromatic ring is 1. The molecule has 1 amide bonds. The summed E-state index contributed by atoms with van der Waals surface area (Å²) in [6, 6.07) is 0. The number of methoxy groups -OCH3 is 1. The van der Waals surface area contributed by atoms with Crippen LogP contribution in [-0.4, -0.2) is 43.1 Å². The first-order chi connectivity index (χ1) is 9.55. The van der Waals surface area contributed by atoms with Crippen LogP contribution < -0.4 is 26.2 Å². The summed E-state index contributed by atoms with van der Waals surface area (Å²) in [4.78, 5) is 22.2. The number of hydrogen-bond donors (Lipinski definition) is 3. The van der Waals surface area contributed by atoms with Crippen molar-refractivity contribution in [2.75, 3.05) is 37.6 Å². The average molecular weight is 280 g/mol. The molecule has 1 aliphatic heterocycles. The number of ether oxygens (including phenoxy) is 1. The summed E-state index contributed by atoms with van der Waals surface area (Å²) >= 11 is 0. The minimum atomic E-state index is -0.430. The fourth-order valence-electron chi connectivity index (χ4n) is 2.51. The van der Waals surface area contributed by atoms with E-state index in [1.165, 1.54) is 13.4 Å². The van der Waals surface area contributed by atoms with Gasteiger partial charge < -0.3 is 20.4 Å². The lowest BCUT2D eigenvalue weighted by molar-refractivity contribution is -0.128. The van der Waals surface area contributed by atoms with E-state index < -0.39 is 5.41 Å². The van der Waals surface area contributed by atoms with Crippen LogP contribution in [0.3, 0.4) is 0 Å². The monoisotopic (exact) mass is 280 g/mol. The van der Waals surface area contributed by atoms with Gasteiger partial charge in [-0.25, -0.2) is 15.8 Å². The Morgan fingerprint density at radius 1 is 1.55 bits per heavy atom. The van der Waals surface area contributed by atoms with Gasteiger partial charge in [0.15, 0.2) is 11.6 Å². The Kier molecular flexibility index (Phi) is 3.93. The van der Waals surface area contributed by atoms with E-state index in [0.29, 0.717) is 23.9 Å². The predicted octanol–water partition coefficient (Wildman–Crippen LogP) is -0.267. The summed E-state index contributed by atoms with van der Waals surface area (Å²) in [5.41, 5.74) is 2.05. The van der Waals surface area contributed by atoms with Crippen LogP contribution >= 0.6 is 0 Å². The molecule has 0 radical (unpaired) electrons. The summed E-state index contributed by atoms with van der Waals surface area (Å²) in [5.74, 6) is 6.99. The minimum Gasteiger partial charge on any atom is -0.490 e. The van der Waals surface area contributed by atoms with E-state index in [-0.39, 0.29) is 5.91 Å².